The Hall–Kier alpha value is -1.84. The van der Waals surface area contributed by atoms with Crippen LogP contribution in [0.2, 0.25) is 0 Å². The highest BCUT2D eigenvalue weighted by Gasteiger charge is 2.25. The van der Waals surface area contributed by atoms with Gasteiger partial charge in [0, 0.05) is 33.2 Å². The van der Waals surface area contributed by atoms with E-state index in [1.807, 2.05) is 23.9 Å². The molecule has 1 N–H and O–H groups in total. The van der Waals surface area contributed by atoms with Crippen molar-refractivity contribution in [3.8, 4) is 0 Å². The third kappa shape index (κ3) is 7.29. The van der Waals surface area contributed by atoms with Crippen molar-refractivity contribution in [3.05, 3.63) is 16.1 Å². The van der Waals surface area contributed by atoms with Crippen LogP contribution in [0, 0.1) is 0 Å². The van der Waals surface area contributed by atoms with Crippen molar-refractivity contribution < 1.29 is 24.2 Å². The van der Waals surface area contributed by atoms with Gasteiger partial charge in [0.1, 0.15) is 4.88 Å². The van der Waals surface area contributed by atoms with Crippen LogP contribution in [-0.4, -0.2) is 84.5 Å². The van der Waals surface area contributed by atoms with Gasteiger partial charge in [-0.15, -0.1) is 11.3 Å². The zero-order valence-corrected chi connectivity index (χ0v) is 15.6. The molecule has 1 aliphatic rings. The SMILES string of the molecule is CC(=O)c1ncc(C(=O)N(CCN(C)C)CC2CCCO2)s1.O=CO. The predicted octanol–water partition coefficient (Wildman–Crippen LogP) is 1.23. The second kappa shape index (κ2) is 10.9. The van der Waals surface area contributed by atoms with Gasteiger partial charge in [-0.2, -0.15) is 0 Å². The molecule has 0 saturated carbocycles. The van der Waals surface area contributed by atoms with E-state index in [4.69, 9.17) is 14.6 Å². The first-order valence-electron chi connectivity index (χ1n) is 7.99. The van der Waals surface area contributed by atoms with Gasteiger partial charge < -0.3 is 19.6 Å². The fourth-order valence-corrected chi connectivity index (χ4v) is 3.10. The Balaban J connectivity index is 0.000000970. The molecule has 1 amide bonds. The van der Waals surface area contributed by atoms with Crippen LogP contribution in [0.5, 0.6) is 0 Å². The van der Waals surface area contributed by atoms with Gasteiger partial charge in [-0.3, -0.25) is 14.4 Å². The van der Waals surface area contributed by atoms with Gasteiger partial charge in [0.15, 0.2) is 10.8 Å². The second-order valence-corrected chi connectivity index (χ2v) is 6.91. The van der Waals surface area contributed by atoms with Crippen LogP contribution in [0.1, 0.15) is 39.2 Å². The van der Waals surface area contributed by atoms with Crippen LogP contribution in [-0.2, 0) is 9.53 Å². The molecule has 1 unspecified atom stereocenters. The van der Waals surface area contributed by atoms with E-state index in [0.717, 1.165) is 37.3 Å². The van der Waals surface area contributed by atoms with Crippen molar-refractivity contribution in [2.75, 3.05) is 40.3 Å². The molecule has 25 heavy (non-hydrogen) atoms. The zero-order chi connectivity index (χ0) is 18.8. The van der Waals surface area contributed by atoms with Crippen LogP contribution in [0.15, 0.2) is 6.20 Å². The number of likely N-dealkylation sites (N-methyl/N-ethyl adjacent to an activating group) is 1. The normalized spacial score (nSPS) is 16.2. The third-order valence-corrected chi connectivity index (χ3v) is 4.66. The monoisotopic (exact) mass is 371 g/mol. The molecule has 1 atom stereocenters. The van der Waals surface area contributed by atoms with Crippen molar-refractivity contribution in [2.24, 2.45) is 0 Å². The molecular formula is C16H25N3O5S. The fraction of sp³-hybridized carbons (Fsp3) is 0.625. The summed E-state index contributed by atoms with van der Waals surface area (Å²) in [5.41, 5.74) is 0. The summed E-state index contributed by atoms with van der Waals surface area (Å²) >= 11 is 1.16. The molecule has 1 aromatic rings. The standard InChI is InChI=1S/C15H23N3O3S.CH2O2/c1-11(19)14-16-9-13(22-14)15(20)18(7-6-17(2)3)10-12-5-4-8-21-12;2-1-3/h9,12H,4-8,10H2,1-3H3;1H,(H,2,3). The van der Waals surface area contributed by atoms with Crippen molar-refractivity contribution in [3.63, 3.8) is 0 Å². The number of amides is 1. The summed E-state index contributed by atoms with van der Waals surface area (Å²) in [6.07, 6.45) is 3.66. The molecule has 1 aliphatic heterocycles. The maximum Gasteiger partial charge on any atom is 0.290 e. The highest BCUT2D eigenvalue weighted by Crippen LogP contribution is 2.18. The van der Waals surface area contributed by atoms with Crippen molar-refractivity contribution in [1.82, 2.24) is 14.8 Å². The van der Waals surface area contributed by atoms with E-state index >= 15 is 0 Å². The fourth-order valence-electron chi connectivity index (χ4n) is 2.32. The lowest BCUT2D eigenvalue weighted by molar-refractivity contribution is -0.122. The minimum Gasteiger partial charge on any atom is -0.483 e. The number of rotatable bonds is 7. The number of hydrogen-bond donors (Lipinski definition) is 1. The molecule has 2 heterocycles. The Morgan fingerprint density at radius 1 is 1.44 bits per heavy atom. The first-order valence-corrected chi connectivity index (χ1v) is 8.80. The number of aromatic nitrogens is 1. The molecule has 0 aromatic carbocycles. The van der Waals surface area contributed by atoms with Crippen molar-refractivity contribution in [1.29, 1.82) is 0 Å². The number of carboxylic acid groups (broad SMARTS) is 1. The van der Waals surface area contributed by atoms with E-state index < -0.39 is 0 Å². The van der Waals surface area contributed by atoms with Gasteiger partial charge in [-0.25, -0.2) is 4.98 Å². The lowest BCUT2D eigenvalue weighted by Gasteiger charge is -2.26. The first-order chi connectivity index (χ1) is 11.9. The smallest absolute Gasteiger partial charge is 0.290 e. The Bertz CT molecular complexity index is 570. The largest absolute Gasteiger partial charge is 0.483 e. The summed E-state index contributed by atoms with van der Waals surface area (Å²) in [4.78, 5) is 40.8. The summed E-state index contributed by atoms with van der Waals surface area (Å²) in [6, 6.07) is 0. The number of Topliss-reactive ketones (excluding diaryl/α,β-unsaturated/α-hetero) is 1. The molecule has 2 rings (SSSR count). The van der Waals surface area contributed by atoms with E-state index in [2.05, 4.69) is 4.98 Å². The number of ketones is 1. The Morgan fingerprint density at radius 2 is 2.12 bits per heavy atom. The zero-order valence-electron chi connectivity index (χ0n) is 14.8. The summed E-state index contributed by atoms with van der Waals surface area (Å²) in [5.74, 6) is -0.176. The molecule has 0 bridgehead atoms. The van der Waals surface area contributed by atoms with E-state index in [1.54, 1.807) is 0 Å². The minimum atomic E-state index is -0.250. The average molecular weight is 371 g/mol. The molecule has 0 aliphatic carbocycles. The van der Waals surface area contributed by atoms with Gasteiger partial charge in [0.2, 0.25) is 0 Å². The van der Waals surface area contributed by atoms with E-state index in [9.17, 15) is 9.59 Å². The average Bonchev–Trinajstić information content (AvgIpc) is 3.22. The van der Waals surface area contributed by atoms with E-state index in [-0.39, 0.29) is 24.3 Å². The van der Waals surface area contributed by atoms with Gasteiger partial charge >= 0.3 is 0 Å². The number of nitrogens with zero attached hydrogens (tertiary/aromatic N) is 3. The molecule has 140 valence electrons. The Kier molecular flexibility index (Phi) is 9.25. The maximum absolute atomic E-state index is 12.7. The molecular weight excluding hydrogens is 346 g/mol. The van der Waals surface area contributed by atoms with Crippen molar-refractivity contribution in [2.45, 2.75) is 25.9 Å². The van der Waals surface area contributed by atoms with Gasteiger partial charge in [-0.1, -0.05) is 0 Å². The van der Waals surface area contributed by atoms with E-state index in [1.165, 1.54) is 13.1 Å². The number of hydrogen-bond acceptors (Lipinski definition) is 7. The molecule has 9 heteroatoms. The molecule has 1 saturated heterocycles. The molecule has 0 spiro atoms. The molecule has 1 aromatic heterocycles. The maximum atomic E-state index is 12.7. The summed E-state index contributed by atoms with van der Waals surface area (Å²) in [7, 11) is 3.96. The molecule has 8 nitrogen and oxygen atoms in total. The molecule has 0 radical (unpaired) electrons. The first kappa shape index (κ1) is 21.2. The van der Waals surface area contributed by atoms with Crippen LogP contribution >= 0.6 is 11.3 Å². The third-order valence-electron chi connectivity index (χ3n) is 3.57. The summed E-state index contributed by atoms with van der Waals surface area (Å²) in [5, 5.41) is 7.27. The number of thiazole rings is 1. The van der Waals surface area contributed by atoms with Gasteiger partial charge in [0.05, 0.1) is 12.3 Å². The Labute approximate surface area is 151 Å². The second-order valence-electron chi connectivity index (χ2n) is 5.88. The molecule has 1 fully saturated rings. The van der Waals surface area contributed by atoms with Crippen molar-refractivity contribution >= 4 is 29.5 Å². The lowest BCUT2D eigenvalue weighted by Crippen LogP contribution is -2.41. The minimum absolute atomic E-state index is 0.0673. The van der Waals surface area contributed by atoms with Crippen LogP contribution in [0.25, 0.3) is 0 Å². The van der Waals surface area contributed by atoms with E-state index in [0.29, 0.717) is 23.0 Å². The summed E-state index contributed by atoms with van der Waals surface area (Å²) in [6.45, 7) is 4.01. The van der Waals surface area contributed by atoms with Gasteiger partial charge in [-0.05, 0) is 26.9 Å². The highest BCUT2D eigenvalue weighted by molar-refractivity contribution is 7.15. The topological polar surface area (TPSA) is 100 Å². The van der Waals surface area contributed by atoms with Crippen LogP contribution in [0.3, 0.4) is 0 Å². The number of carbonyl (C=O) groups excluding carboxylic acids is 2. The quantitative estimate of drug-likeness (QED) is 0.568. The highest BCUT2D eigenvalue weighted by atomic mass is 32.1. The van der Waals surface area contributed by atoms with Crippen LogP contribution in [0.4, 0.5) is 0 Å². The summed E-state index contributed by atoms with van der Waals surface area (Å²) < 4.78 is 5.65. The van der Waals surface area contributed by atoms with Crippen LogP contribution < -0.4 is 0 Å². The van der Waals surface area contributed by atoms with Gasteiger partial charge in [0.25, 0.3) is 12.4 Å². The lowest BCUT2D eigenvalue weighted by atomic mass is 10.2. The predicted molar refractivity (Wildman–Crippen MR) is 94.2 cm³/mol. The number of carbonyl (C=O) groups is 3. The Morgan fingerprint density at radius 3 is 2.60 bits per heavy atom. The number of ether oxygens (including phenoxy) is 1.